The molecule has 0 radical (unpaired) electrons. The lowest BCUT2D eigenvalue weighted by Crippen LogP contribution is -2.47. The Morgan fingerprint density at radius 2 is 1.23 bits per heavy atom. The molecule has 107 heavy (non-hydrogen) atoms. The minimum Gasteiger partial charge on any atom is -0.497 e. The zero-order valence-corrected chi connectivity index (χ0v) is 60.1. The Hall–Kier alpha value is -10.1. The van der Waals surface area contributed by atoms with E-state index in [-0.39, 0.29) is 70.3 Å². The number of cyclic esters (lactones) is 1. The van der Waals surface area contributed by atoms with Crippen LogP contribution in [-0.2, 0) is 107 Å². The van der Waals surface area contributed by atoms with E-state index in [1.807, 2.05) is 72.8 Å². The molecule has 0 bridgehead atoms. The number of esters is 1. The molecule has 5 heterocycles. The molecule has 30 nitrogen and oxygen atoms in total. The third-order valence-electron chi connectivity index (χ3n) is 17.7. The molecule has 0 fully saturated rings. The normalized spacial score (nSPS) is 14.2. The number of ether oxygens (including phenoxy) is 15. The number of methoxy groups -OCH3 is 1. The maximum absolute atomic E-state index is 14.3. The highest BCUT2D eigenvalue weighted by Gasteiger charge is 2.51. The van der Waals surface area contributed by atoms with E-state index >= 15 is 0 Å². The van der Waals surface area contributed by atoms with E-state index < -0.39 is 65.8 Å². The average Bonchev–Trinajstić information content (AvgIpc) is 1.65. The van der Waals surface area contributed by atoms with Crippen molar-refractivity contribution in [2.75, 3.05) is 158 Å². The summed E-state index contributed by atoms with van der Waals surface area (Å²) >= 11 is 0. The SMILES string of the molecule is CC[C@@]1(OC(=O)OCc2ccc(NC(=O)[C@H](CCCCNC(c3ccccc3)(c3ccccc3)c3ccc(OC)cc3)NC(=O)COCC(=O)NCCOCCOCCOCCOCCOCCOCCOCCOCCN=[N+]=[N-])cc2)C(=O)OCc2c1cc1n(c2=O)Cc2cc3cc4c(cc3nc2-1)OCO4. The van der Waals surface area contributed by atoms with E-state index in [4.69, 9.17) is 81.6 Å². The number of anilines is 1. The second kappa shape index (κ2) is 41.7. The predicted molar refractivity (Wildman–Crippen MR) is 389 cm³/mol. The van der Waals surface area contributed by atoms with Crippen molar-refractivity contribution >= 4 is 46.4 Å². The third-order valence-corrected chi connectivity index (χ3v) is 17.7. The van der Waals surface area contributed by atoms with Gasteiger partial charge in [-0.2, -0.15) is 0 Å². The molecule has 5 aromatic carbocycles. The summed E-state index contributed by atoms with van der Waals surface area (Å²) in [6.07, 6.45) is 0.00712. The van der Waals surface area contributed by atoms with Crippen LogP contribution in [0.3, 0.4) is 0 Å². The number of carbonyl (C=O) groups excluding carboxylic acids is 5. The second-order valence-electron chi connectivity index (χ2n) is 24.7. The second-order valence-corrected chi connectivity index (χ2v) is 24.7. The maximum atomic E-state index is 14.3. The molecule has 3 aliphatic heterocycles. The summed E-state index contributed by atoms with van der Waals surface area (Å²) in [5, 5.41) is 16.5. The Morgan fingerprint density at radius 3 is 1.83 bits per heavy atom. The highest BCUT2D eigenvalue weighted by molar-refractivity contribution is 5.97. The van der Waals surface area contributed by atoms with E-state index in [2.05, 4.69) is 55.6 Å². The lowest BCUT2D eigenvalue weighted by atomic mass is 9.77. The first kappa shape index (κ1) is 79.5. The van der Waals surface area contributed by atoms with Crippen LogP contribution in [0, 0.1) is 0 Å². The van der Waals surface area contributed by atoms with E-state index in [1.54, 1.807) is 55.0 Å². The van der Waals surface area contributed by atoms with Crippen LogP contribution in [0.1, 0.15) is 71.6 Å². The number of pyridine rings is 2. The Balaban J connectivity index is 0.661. The summed E-state index contributed by atoms with van der Waals surface area (Å²) < 4.78 is 84.6. The number of azide groups is 1. The first-order valence-corrected chi connectivity index (χ1v) is 35.6. The zero-order chi connectivity index (χ0) is 74.9. The van der Waals surface area contributed by atoms with Crippen LogP contribution in [0.5, 0.6) is 17.2 Å². The van der Waals surface area contributed by atoms with Crippen LogP contribution in [0.15, 0.2) is 143 Å². The van der Waals surface area contributed by atoms with Gasteiger partial charge in [-0.15, -0.1) is 0 Å². The minimum atomic E-state index is -2.02. The van der Waals surface area contributed by atoms with Gasteiger partial charge in [-0.05, 0) is 102 Å². The van der Waals surface area contributed by atoms with E-state index in [9.17, 15) is 28.8 Å². The molecule has 2 atom stereocenters. The summed E-state index contributed by atoms with van der Waals surface area (Å²) in [4.78, 5) is 89.8. The lowest BCUT2D eigenvalue weighted by Gasteiger charge is -2.37. The Morgan fingerprint density at radius 1 is 0.654 bits per heavy atom. The molecule has 3 aliphatic rings. The van der Waals surface area contributed by atoms with Gasteiger partial charge in [-0.1, -0.05) is 97.0 Å². The van der Waals surface area contributed by atoms with Crippen molar-refractivity contribution in [1.82, 2.24) is 25.5 Å². The van der Waals surface area contributed by atoms with Crippen LogP contribution < -0.4 is 41.0 Å². The minimum absolute atomic E-state index is 0.0860. The number of fused-ring (bicyclic) bond motifs is 6. The van der Waals surface area contributed by atoms with Gasteiger partial charge in [-0.3, -0.25) is 24.5 Å². The number of hydrogen-bond acceptors (Lipinski definition) is 24. The number of benzene rings is 5. The van der Waals surface area contributed by atoms with Crippen molar-refractivity contribution in [1.29, 1.82) is 0 Å². The smallest absolute Gasteiger partial charge is 0.497 e. The molecule has 4 N–H and O–H groups in total. The molecular formula is C77H91N9O21. The van der Waals surface area contributed by atoms with Crippen molar-refractivity contribution in [2.45, 2.75) is 69.5 Å². The third kappa shape index (κ3) is 22.3. The number of nitrogens with one attached hydrogen (secondary N) is 4. The number of unbranched alkanes of at least 4 members (excludes halogenated alkanes) is 1. The molecule has 0 saturated heterocycles. The fourth-order valence-corrected chi connectivity index (χ4v) is 12.4. The van der Waals surface area contributed by atoms with Gasteiger partial charge in [0.05, 0.1) is 147 Å². The van der Waals surface area contributed by atoms with Gasteiger partial charge in [-0.25, -0.2) is 14.6 Å². The molecule has 0 aliphatic carbocycles. The van der Waals surface area contributed by atoms with Gasteiger partial charge in [0, 0.05) is 46.3 Å². The van der Waals surface area contributed by atoms with Gasteiger partial charge in [0.25, 0.3) is 5.56 Å². The van der Waals surface area contributed by atoms with Gasteiger partial charge < -0.3 is 91.6 Å². The molecular weight excluding hydrogens is 1390 g/mol. The zero-order valence-electron chi connectivity index (χ0n) is 60.1. The summed E-state index contributed by atoms with van der Waals surface area (Å²) in [7, 11) is 1.63. The van der Waals surface area contributed by atoms with Crippen LogP contribution in [0.4, 0.5) is 10.5 Å². The van der Waals surface area contributed by atoms with Crippen LogP contribution >= 0.6 is 0 Å². The molecule has 10 rings (SSSR count). The monoisotopic (exact) mass is 1480 g/mol. The molecule has 0 unspecified atom stereocenters. The number of amides is 3. The maximum Gasteiger partial charge on any atom is 0.510 e. The van der Waals surface area contributed by atoms with Crippen molar-refractivity contribution in [3.05, 3.63) is 193 Å². The summed E-state index contributed by atoms with van der Waals surface area (Å²) in [5.74, 6) is -0.619. The Bertz CT molecular complexity index is 4110. The number of nitrogens with zero attached hydrogens (tertiary/aromatic N) is 5. The fraction of sp³-hybridized carbons (Fsp3) is 0.442. The lowest BCUT2D eigenvalue weighted by molar-refractivity contribution is -0.175. The van der Waals surface area contributed by atoms with Crippen molar-refractivity contribution in [3.63, 3.8) is 0 Å². The Kier molecular flexibility index (Phi) is 31.0. The quantitative estimate of drug-likeness (QED) is 0.00702. The first-order valence-electron chi connectivity index (χ1n) is 35.6. The van der Waals surface area contributed by atoms with Crippen LogP contribution in [-0.4, -0.2) is 198 Å². The summed E-state index contributed by atoms with van der Waals surface area (Å²) in [5.41, 5.74) is 11.6. The van der Waals surface area contributed by atoms with Gasteiger partial charge in [0.15, 0.2) is 11.5 Å². The molecule has 570 valence electrons. The van der Waals surface area contributed by atoms with E-state index in [0.717, 1.165) is 27.6 Å². The topological polar surface area (TPSA) is 356 Å². The molecule has 3 amide bonds. The first-order chi connectivity index (χ1) is 52.4. The highest BCUT2D eigenvalue weighted by atomic mass is 16.7. The van der Waals surface area contributed by atoms with Crippen LogP contribution in [0.25, 0.3) is 32.7 Å². The molecule has 2 aromatic heterocycles. The van der Waals surface area contributed by atoms with Gasteiger partial charge in [0.1, 0.15) is 38.2 Å². The summed E-state index contributed by atoms with van der Waals surface area (Å²) in [6, 6.07) is 40.8. The van der Waals surface area contributed by atoms with Gasteiger partial charge in [0.2, 0.25) is 30.1 Å². The van der Waals surface area contributed by atoms with E-state index in [1.165, 1.54) is 0 Å². The molecule has 0 saturated carbocycles. The predicted octanol–water partition coefficient (Wildman–Crippen LogP) is 7.93. The average molecular weight is 1480 g/mol. The Labute approximate surface area is 618 Å². The van der Waals surface area contributed by atoms with Gasteiger partial charge >= 0.3 is 12.1 Å². The summed E-state index contributed by atoms with van der Waals surface area (Å²) in [6.45, 7) is 7.53. The number of rotatable bonds is 48. The fourth-order valence-electron chi connectivity index (χ4n) is 12.4. The van der Waals surface area contributed by atoms with E-state index in [0.29, 0.717) is 164 Å². The number of hydrogen-bond donors (Lipinski definition) is 4. The van der Waals surface area contributed by atoms with Crippen molar-refractivity contribution in [3.8, 4) is 28.6 Å². The van der Waals surface area contributed by atoms with Crippen molar-refractivity contribution < 1.29 is 95.0 Å². The largest absolute Gasteiger partial charge is 0.510 e. The molecule has 30 heteroatoms. The molecule has 7 aromatic rings. The van der Waals surface area contributed by atoms with Crippen molar-refractivity contribution in [2.24, 2.45) is 5.11 Å². The number of aromatic nitrogens is 2. The standard InChI is InChI=1S/C77H91N9O21/c1-3-76(63-46-66-71-56(48-86(66)73(90)62(63)50-103-74(76)91)44-55-45-67-68(106-53-105-67)47-65(55)84-71)107-75(92)104-49-54-17-21-60(22-18-54)82-72(89)64(16-10-11-25-80-77(57-12-6-4-7-13-57,58-14-8-5-9-15-58)59-19-23-61(93-2)24-20-59)83-70(88)52-102-51-69(87)79-26-28-94-30-32-96-34-36-98-38-40-100-42-43-101-41-39-99-37-35-97-33-31-95-29-27-81-85-78/h4-9,12-15,17-24,44-47,64,80H,3,10-11,16,25-43,48-53H2,1-2H3,(H,79,87)(H,82,89)(H,83,88)/t64-,76-/m0/s1. The number of carbonyl (C=O) groups is 5. The highest BCUT2D eigenvalue weighted by Crippen LogP contribution is 2.43. The molecule has 0 spiro atoms. The van der Waals surface area contributed by atoms with Crippen LogP contribution in [0.2, 0.25) is 0 Å².